The molecule has 0 bridgehead atoms. The second-order valence-corrected chi connectivity index (χ2v) is 4.72. The van der Waals surface area contributed by atoms with Gasteiger partial charge in [-0.15, -0.1) is 0 Å². The first-order chi connectivity index (χ1) is 10.9. The van der Waals surface area contributed by atoms with Crippen LogP contribution in [0.3, 0.4) is 0 Å². The summed E-state index contributed by atoms with van der Waals surface area (Å²) < 4.78 is 0. The van der Waals surface area contributed by atoms with Gasteiger partial charge in [0.05, 0.1) is 11.1 Å². The van der Waals surface area contributed by atoms with Crippen molar-refractivity contribution in [2.24, 2.45) is 5.10 Å². The molecule has 2 aromatic rings. The second kappa shape index (κ2) is 6.56. The number of hydrogen-bond donors (Lipinski definition) is 3. The van der Waals surface area contributed by atoms with Gasteiger partial charge in [-0.2, -0.15) is 5.10 Å². The first-order valence-electron chi connectivity index (χ1n) is 6.49. The summed E-state index contributed by atoms with van der Waals surface area (Å²) in [5, 5.41) is 33.4. The van der Waals surface area contributed by atoms with Crippen molar-refractivity contribution in [3.05, 3.63) is 63.2 Å². The first kappa shape index (κ1) is 16.0. The van der Waals surface area contributed by atoms with Crippen LogP contribution in [0.5, 0.6) is 11.5 Å². The maximum absolute atomic E-state index is 11.8. The Hall–Kier alpha value is -3.42. The molecule has 8 nitrogen and oxygen atoms in total. The SMILES string of the molecule is Cc1ccc(C(=O)N/N=C\c2cc([N+](=O)[O-])c(O)cc2O)cc1. The fraction of sp³-hybridized carbons (Fsp3) is 0.0667. The molecule has 118 valence electrons. The highest BCUT2D eigenvalue weighted by Gasteiger charge is 2.16. The van der Waals surface area contributed by atoms with Crippen molar-refractivity contribution in [3.63, 3.8) is 0 Å². The van der Waals surface area contributed by atoms with E-state index in [9.17, 15) is 25.1 Å². The quantitative estimate of drug-likeness (QED) is 0.452. The molecule has 2 aromatic carbocycles. The van der Waals surface area contributed by atoms with E-state index in [1.165, 1.54) is 0 Å². The van der Waals surface area contributed by atoms with E-state index in [2.05, 4.69) is 10.5 Å². The largest absolute Gasteiger partial charge is 0.507 e. The van der Waals surface area contributed by atoms with Crippen molar-refractivity contribution >= 4 is 17.8 Å². The van der Waals surface area contributed by atoms with Gasteiger partial charge in [0.1, 0.15) is 5.75 Å². The molecule has 0 unspecified atom stereocenters. The molecule has 0 aliphatic carbocycles. The highest BCUT2D eigenvalue weighted by atomic mass is 16.6. The number of phenols is 2. The summed E-state index contributed by atoms with van der Waals surface area (Å²) in [6, 6.07) is 8.58. The average Bonchev–Trinajstić information content (AvgIpc) is 2.49. The number of nitrogens with one attached hydrogen (secondary N) is 1. The van der Waals surface area contributed by atoms with Crippen LogP contribution < -0.4 is 5.43 Å². The number of nitrogens with zero attached hydrogens (tertiary/aromatic N) is 2. The number of hydrogen-bond acceptors (Lipinski definition) is 6. The van der Waals surface area contributed by atoms with Crippen LogP contribution in [0.4, 0.5) is 5.69 Å². The molecule has 23 heavy (non-hydrogen) atoms. The number of hydrazone groups is 1. The number of rotatable bonds is 4. The van der Waals surface area contributed by atoms with Crippen molar-refractivity contribution in [2.75, 3.05) is 0 Å². The number of carbonyl (C=O) groups is 1. The summed E-state index contributed by atoms with van der Waals surface area (Å²) in [6.07, 6.45) is 1.05. The number of carbonyl (C=O) groups excluding carboxylic acids is 1. The predicted molar refractivity (Wildman–Crippen MR) is 82.7 cm³/mol. The normalized spacial score (nSPS) is 10.7. The zero-order chi connectivity index (χ0) is 17.0. The molecule has 1 amide bonds. The lowest BCUT2D eigenvalue weighted by Gasteiger charge is -2.02. The minimum absolute atomic E-state index is 0.0151. The van der Waals surface area contributed by atoms with Gasteiger partial charge >= 0.3 is 5.69 Å². The van der Waals surface area contributed by atoms with Gasteiger partial charge in [-0.1, -0.05) is 17.7 Å². The lowest BCUT2D eigenvalue weighted by molar-refractivity contribution is -0.385. The highest BCUT2D eigenvalue weighted by molar-refractivity contribution is 5.95. The van der Waals surface area contributed by atoms with E-state index < -0.39 is 28.0 Å². The molecule has 0 heterocycles. The van der Waals surface area contributed by atoms with Crippen molar-refractivity contribution in [1.29, 1.82) is 0 Å². The van der Waals surface area contributed by atoms with Crippen LogP contribution in [-0.2, 0) is 0 Å². The van der Waals surface area contributed by atoms with Crippen LogP contribution in [-0.4, -0.2) is 27.3 Å². The van der Waals surface area contributed by atoms with Gasteiger partial charge < -0.3 is 10.2 Å². The Bertz CT molecular complexity index is 784. The van der Waals surface area contributed by atoms with E-state index in [0.29, 0.717) is 5.56 Å². The van der Waals surface area contributed by atoms with E-state index in [1.54, 1.807) is 24.3 Å². The van der Waals surface area contributed by atoms with Crippen LogP contribution in [0.1, 0.15) is 21.5 Å². The summed E-state index contributed by atoms with van der Waals surface area (Å²) in [6.45, 7) is 1.89. The fourth-order valence-corrected chi connectivity index (χ4v) is 1.76. The smallest absolute Gasteiger partial charge is 0.311 e. The molecule has 0 saturated carbocycles. The zero-order valence-electron chi connectivity index (χ0n) is 12.1. The van der Waals surface area contributed by atoms with E-state index in [0.717, 1.165) is 23.9 Å². The van der Waals surface area contributed by atoms with Gasteiger partial charge in [0, 0.05) is 23.3 Å². The summed E-state index contributed by atoms with van der Waals surface area (Å²) >= 11 is 0. The fourth-order valence-electron chi connectivity index (χ4n) is 1.76. The maximum Gasteiger partial charge on any atom is 0.311 e. The zero-order valence-corrected chi connectivity index (χ0v) is 12.1. The monoisotopic (exact) mass is 315 g/mol. The standard InChI is InChI=1S/C15H13N3O5/c1-9-2-4-10(5-3-9)15(21)17-16-8-11-6-12(18(22)23)14(20)7-13(11)19/h2-8,19-20H,1H3,(H,17,21)/b16-8-. The van der Waals surface area contributed by atoms with Crippen LogP contribution in [0.25, 0.3) is 0 Å². The van der Waals surface area contributed by atoms with Gasteiger partial charge in [0.15, 0.2) is 5.75 Å². The summed E-state index contributed by atoms with van der Waals surface area (Å²) in [4.78, 5) is 21.8. The second-order valence-electron chi connectivity index (χ2n) is 4.72. The lowest BCUT2D eigenvalue weighted by Crippen LogP contribution is -2.17. The van der Waals surface area contributed by atoms with Crippen LogP contribution in [0.2, 0.25) is 0 Å². The first-order valence-corrected chi connectivity index (χ1v) is 6.49. The van der Waals surface area contributed by atoms with Crippen molar-refractivity contribution in [1.82, 2.24) is 5.43 Å². The van der Waals surface area contributed by atoms with E-state index in [4.69, 9.17) is 0 Å². The molecular formula is C15H13N3O5. The molecule has 0 fully saturated rings. The molecule has 8 heteroatoms. The Labute approximate surface area is 130 Å². The Morgan fingerprint density at radius 2 is 1.87 bits per heavy atom. The number of aromatic hydroxyl groups is 2. The average molecular weight is 315 g/mol. The van der Waals surface area contributed by atoms with Crippen molar-refractivity contribution < 1.29 is 19.9 Å². The van der Waals surface area contributed by atoms with E-state index in [-0.39, 0.29) is 5.56 Å². The molecule has 2 rings (SSSR count). The Morgan fingerprint density at radius 3 is 2.48 bits per heavy atom. The minimum atomic E-state index is -0.795. The number of benzene rings is 2. The summed E-state index contributed by atoms with van der Waals surface area (Å²) in [5.41, 5.74) is 3.06. The maximum atomic E-state index is 11.8. The third-order valence-electron chi connectivity index (χ3n) is 3.00. The number of nitro groups is 1. The summed E-state index contributed by atoms with van der Waals surface area (Å²) in [5.74, 6) is -1.52. The molecule has 0 radical (unpaired) electrons. The van der Waals surface area contributed by atoms with Gasteiger partial charge in [0.25, 0.3) is 5.91 Å². The third kappa shape index (κ3) is 3.82. The Morgan fingerprint density at radius 1 is 1.22 bits per heavy atom. The van der Waals surface area contributed by atoms with E-state index in [1.807, 2.05) is 6.92 Å². The van der Waals surface area contributed by atoms with Crippen molar-refractivity contribution in [3.8, 4) is 11.5 Å². The van der Waals surface area contributed by atoms with E-state index >= 15 is 0 Å². The summed E-state index contributed by atoms with van der Waals surface area (Å²) in [7, 11) is 0. The Kier molecular flexibility index (Phi) is 4.55. The van der Waals surface area contributed by atoms with Gasteiger partial charge in [0.2, 0.25) is 0 Å². The molecular weight excluding hydrogens is 302 g/mol. The highest BCUT2D eigenvalue weighted by Crippen LogP contribution is 2.31. The predicted octanol–water partition coefficient (Wildman–Crippen LogP) is 2.08. The van der Waals surface area contributed by atoms with Gasteiger partial charge in [-0.05, 0) is 19.1 Å². The lowest BCUT2D eigenvalue weighted by atomic mass is 10.1. The van der Waals surface area contributed by atoms with Gasteiger partial charge in [-0.3, -0.25) is 14.9 Å². The van der Waals surface area contributed by atoms with Crippen LogP contribution in [0.15, 0.2) is 41.5 Å². The molecule has 0 spiro atoms. The molecule has 3 N–H and O–H groups in total. The topological polar surface area (TPSA) is 125 Å². The molecule has 0 saturated heterocycles. The molecule has 0 aliphatic rings. The number of amides is 1. The van der Waals surface area contributed by atoms with Crippen LogP contribution >= 0.6 is 0 Å². The molecule has 0 aromatic heterocycles. The van der Waals surface area contributed by atoms with Crippen LogP contribution in [0, 0.1) is 17.0 Å². The number of aryl methyl sites for hydroxylation is 1. The van der Waals surface area contributed by atoms with Crippen molar-refractivity contribution in [2.45, 2.75) is 6.92 Å². The molecule has 0 atom stereocenters. The minimum Gasteiger partial charge on any atom is -0.507 e. The molecule has 0 aliphatic heterocycles. The van der Waals surface area contributed by atoms with Gasteiger partial charge in [-0.25, -0.2) is 5.43 Å². The number of nitro benzene ring substituents is 1. The third-order valence-corrected chi connectivity index (χ3v) is 3.00. The Balaban J connectivity index is 2.14. The number of phenolic OH excluding ortho intramolecular Hbond substituents is 2.